The second-order valence-electron chi connectivity index (χ2n) is 5.21. The van der Waals surface area contributed by atoms with Crippen molar-refractivity contribution in [2.45, 2.75) is 44.4 Å². The number of benzene rings is 1. The van der Waals surface area contributed by atoms with Crippen molar-refractivity contribution in [1.82, 2.24) is 5.32 Å². The predicted molar refractivity (Wildman–Crippen MR) is 75.2 cm³/mol. The number of aliphatic hydroxyl groups is 1. The van der Waals surface area contributed by atoms with E-state index in [4.69, 9.17) is 0 Å². The number of aromatic carboxylic acids is 1. The Bertz CT molecular complexity index is 546. The highest BCUT2D eigenvalue weighted by Crippen LogP contribution is 2.24. The molecule has 2 unspecified atom stereocenters. The van der Waals surface area contributed by atoms with E-state index < -0.39 is 22.7 Å². The first-order chi connectivity index (χ1) is 10.0. The van der Waals surface area contributed by atoms with Crippen LogP contribution < -0.4 is 5.32 Å². The number of nitro benzene ring substituents is 1. The Morgan fingerprint density at radius 3 is 2.71 bits per heavy atom. The molecule has 1 aliphatic rings. The van der Waals surface area contributed by atoms with Gasteiger partial charge < -0.3 is 15.5 Å². The second-order valence-corrected chi connectivity index (χ2v) is 5.21. The summed E-state index contributed by atoms with van der Waals surface area (Å²) in [6, 6.07) is 4.11. The number of rotatable bonds is 5. The van der Waals surface area contributed by atoms with Crippen molar-refractivity contribution in [3.8, 4) is 0 Å². The van der Waals surface area contributed by atoms with E-state index in [-0.39, 0.29) is 18.2 Å². The fourth-order valence-corrected chi connectivity index (χ4v) is 2.72. The highest BCUT2D eigenvalue weighted by molar-refractivity contribution is 5.94. The molecule has 0 saturated heterocycles. The Morgan fingerprint density at radius 2 is 2.10 bits per heavy atom. The molecule has 1 fully saturated rings. The summed E-state index contributed by atoms with van der Waals surface area (Å²) in [6.45, 7) is 0.186. The molecule has 21 heavy (non-hydrogen) atoms. The molecule has 7 heteroatoms. The molecule has 0 radical (unpaired) electrons. The van der Waals surface area contributed by atoms with Gasteiger partial charge in [0.25, 0.3) is 5.69 Å². The molecule has 1 aromatic rings. The minimum Gasteiger partial charge on any atom is -0.477 e. The third kappa shape index (κ3) is 3.56. The van der Waals surface area contributed by atoms with E-state index in [9.17, 15) is 25.1 Å². The number of nitrogens with one attached hydrogen (secondary N) is 1. The number of nitrogens with zero attached hydrogens (tertiary/aromatic N) is 1. The molecule has 3 N–H and O–H groups in total. The number of hydrogen-bond acceptors (Lipinski definition) is 5. The molecule has 2 atom stereocenters. The van der Waals surface area contributed by atoms with Gasteiger partial charge in [-0.2, -0.15) is 0 Å². The van der Waals surface area contributed by atoms with Gasteiger partial charge in [-0.05, 0) is 18.4 Å². The van der Waals surface area contributed by atoms with Crippen molar-refractivity contribution in [2.24, 2.45) is 0 Å². The highest BCUT2D eigenvalue weighted by atomic mass is 16.6. The number of hydrogen-bond donors (Lipinski definition) is 3. The molecule has 2 rings (SSSR count). The van der Waals surface area contributed by atoms with Crippen LogP contribution in [-0.2, 0) is 6.54 Å². The fraction of sp³-hybridized carbons (Fsp3) is 0.500. The molecule has 0 aromatic heterocycles. The van der Waals surface area contributed by atoms with Gasteiger partial charge in [-0.15, -0.1) is 0 Å². The zero-order valence-electron chi connectivity index (χ0n) is 11.5. The zero-order chi connectivity index (χ0) is 15.4. The van der Waals surface area contributed by atoms with Crippen LogP contribution in [0.5, 0.6) is 0 Å². The van der Waals surface area contributed by atoms with Crippen molar-refractivity contribution in [3.63, 3.8) is 0 Å². The van der Waals surface area contributed by atoms with E-state index in [0.29, 0.717) is 5.56 Å². The van der Waals surface area contributed by atoms with Crippen LogP contribution in [0, 0.1) is 10.1 Å². The summed E-state index contributed by atoms with van der Waals surface area (Å²) >= 11 is 0. The lowest BCUT2D eigenvalue weighted by molar-refractivity contribution is -0.385. The van der Waals surface area contributed by atoms with Crippen LogP contribution in [0.15, 0.2) is 18.2 Å². The smallest absolute Gasteiger partial charge is 0.343 e. The average molecular weight is 294 g/mol. The number of carboxylic acids is 1. The standard InChI is InChI=1S/C14H18N2O5/c17-12-7-2-1-5-10(12)15-8-9-4-3-6-11(16(20)21)13(9)14(18)19/h3-4,6,10,12,15,17H,1-2,5,7-8H2,(H,18,19). The molecule has 1 aromatic carbocycles. The highest BCUT2D eigenvalue weighted by Gasteiger charge is 2.26. The van der Waals surface area contributed by atoms with E-state index >= 15 is 0 Å². The molecule has 114 valence electrons. The first-order valence-electron chi connectivity index (χ1n) is 6.91. The number of carbonyl (C=O) groups is 1. The normalized spacial score (nSPS) is 22.0. The van der Waals surface area contributed by atoms with Gasteiger partial charge >= 0.3 is 5.97 Å². The summed E-state index contributed by atoms with van der Waals surface area (Å²) in [4.78, 5) is 21.5. The van der Waals surface area contributed by atoms with Crippen LogP contribution in [-0.4, -0.2) is 33.3 Å². The SMILES string of the molecule is O=C(O)c1c(CNC2CCCCC2O)cccc1[N+](=O)[O-]. The summed E-state index contributed by atoms with van der Waals surface area (Å²) in [7, 11) is 0. The second kappa shape index (κ2) is 6.64. The van der Waals surface area contributed by atoms with Crippen molar-refractivity contribution >= 4 is 11.7 Å². The molecule has 0 heterocycles. The van der Waals surface area contributed by atoms with E-state index in [1.54, 1.807) is 6.07 Å². The zero-order valence-corrected chi connectivity index (χ0v) is 11.5. The fourth-order valence-electron chi connectivity index (χ4n) is 2.72. The van der Waals surface area contributed by atoms with Crippen molar-refractivity contribution < 1.29 is 19.9 Å². The molecule has 7 nitrogen and oxygen atoms in total. The maximum atomic E-state index is 11.3. The van der Waals surface area contributed by atoms with E-state index in [1.807, 2.05) is 0 Å². The van der Waals surface area contributed by atoms with Crippen molar-refractivity contribution in [2.75, 3.05) is 0 Å². The Kier molecular flexibility index (Phi) is 4.87. The summed E-state index contributed by atoms with van der Waals surface area (Å²) in [5, 5.41) is 33.1. The topological polar surface area (TPSA) is 113 Å². The van der Waals surface area contributed by atoms with Crippen LogP contribution in [0.4, 0.5) is 5.69 Å². The first-order valence-corrected chi connectivity index (χ1v) is 6.91. The van der Waals surface area contributed by atoms with Crippen molar-refractivity contribution in [1.29, 1.82) is 0 Å². The monoisotopic (exact) mass is 294 g/mol. The van der Waals surface area contributed by atoms with Crippen LogP contribution in [0.1, 0.15) is 41.6 Å². The van der Waals surface area contributed by atoms with Gasteiger partial charge in [-0.25, -0.2) is 4.79 Å². The summed E-state index contributed by atoms with van der Waals surface area (Å²) in [6.07, 6.45) is 3.08. The third-order valence-electron chi connectivity index (χ3n) is 3.82. The average Bonchev–Trinajstić information content (AvgIpc) is 2.45. The molecule has 1 aliphatic carbocycles. The minimum absolute atomic E-state index is 0.0975. The van der Waals surface area contributed by atoms with Gasteiger partial charge in [0.2, 0.25) is 0 Å². The maximum Gasteiger partial charge on any atom is 0.343 e. The number of carboxylic acid groups (broad SMARTS) is 1. The molecular formula is C14H18N2O5. The summed E-state index contributed by atoms with van der Waals surface area (Å²) < 4.78 is 0. The predicted octanol–water partition coefficient (Wildman–Crippen LogP) is 1.69. The molecule has 0 spiro atoms. The number of aliphatic hydroxyl groups excluding tert-OH is 1. The maximum absolute atomic E-state index is 11.3. The third-order valence-corrected chi connectivity index (χ3v) is 3.82. The van der Waals surface area contributed by atoms with E-state index in [0.717, 1.165) is 25.7 Å². The lowest BCUT2D eigenvalue weighted by Gasteiger charge is -2.28. The molecule has 0 amide bonds. The van der Waals surface area contributed by atoms with Gasteiger partial charge in [0, 0.05) is 18.7 Å². The van der Waals surface area contributed by atoms with Crippen LogP contribution >= 0.6 is 0 Å². The number of nitro groups is 1. The molecule has 0 bridgehead atoms. The summed E-state index contributed by atoms with van der Waals surface area (Å²) in [5.74, 6) is -1.32. The van der Waals surface area contributed by atoms with Crippen LogP contribution in [0.2, 0.25) is 0 Å². The molecule has 1 saturated carbocycles. The molecular weight excluding hydrogens is 276 g/mol. The van der Waals surface area contributed by atoms with E-state index in [2.05, 4.69) is 5.32 Å². The van der Waals surface area contributed by atoms with E-state index in [1.165, 1.54) is 12.1 Å². The Morgan fingerprint density at radius 1 is 1.38 bits per heavy atom. The lowest BCUT2D eigenvalue weighted by Crippen LogP contribution is -2.41. The Balaban J connectivity index is 2.17. The van der Waals surface area contributed by atoms with Crippen LogP contribution in [0.3, 0.4) is 0 Å². The molecule has 0 aliphatic heterocycles. The Labute approximate surface area is 121 Å². The van der Waals surface area contributed by atoms with Crippen molar-refractivity contribution in [3.05, 3.63) is 39.4 Å². The first kappa shape index (κ1) is 15.4. The van der Waals surface area contributed by atoms with Gasteiger partial charge in [-0.3, -0.25) is 10.1 Å². The van der Waals surface area contributed by atoms with Gasteiger partial charge in [0.1, 0.15) is 5.56 Å². The summed E-state index contributed by atoms with van der Waals surface area (Å²) in [5.41, 5.74) is -0.347. The quantitative estimate of drug-likeness (QED) is 0.562. The van der Waals surface area contributed by atoms with Gasteiger partial charge in [-0.1, -0.05) is 25.0 Å². The minimum atomic E-state index is -1.32. The lowest BCUT2D eigenvalue weighted by atomic mass is 9.92. The largest absolute Gasteiger partial charge is 0.477 e. The Hall–Kier alpha value is -1.99. The van der Waals surface area contributed by atoms with Gasteiger partial charge in [0.15, 0.2) is 0 Å². The van der Waals surface area contributed by atoms with Gasteiger partial charge in [0.05, 0.1) is 11.0 Å². The van der Waals surface area contributed by atoms with Crippen LogP contribution in [0.25, 0.3) is 0 Å².